The molecule has 1 atom stereocenters. The second-order valence-corrected chi connectivity index (χ2v) is 7.60. The van der Waals surface area contributed by atoms with Crippen LogP contribution in [0.15, 0.2) is 0 Å². The maximum atomic E-state index is 3.78. The Morgan fingerprint density at radius 2 is 1.70 bits per heavy atom. The molecule has 2 fully saturated rings. The summed E-state index contributed by atoms with van der Waals surface area (Å²) in [5.74, 6) is 3.54. The highest BCUT2D eigenvalue weighted by Gasteiger charge is 2.23. The lowest BCUT2D eigenvalue weighted by atomic mass is 9.90. The van der Waals surface area contributed by atoms with Crippen molar-refractivity contribution in [3.05, 3.63) is 0 Å². The van der Waals surface area contributed by atoms with Gasteiger partial charge in [-0.05, 0) is 51.7 Å². The first-order chi connectivity index (χ1) is 9.79. The van der Waals surface area contributed by atoms with Gasteiger partial charge in [-0.3, -0.25) is 0 Å². The van der Waals surface area contributed by atoms with Crippen molar-refractivity contribution in [3.63, 3.8) is 0 Å². The first-order valence-electron chi connectivity index (χ1n) is 8.55. The van der Waals surface area contributed by atoms with Crippen molar-refractivity contribution in [1.82, 2.24) is 15.1 Å². The van der Waals surface area contributed by atoms with Gasteiger partial charge in [-0.15, -0.1) is 0 Å². The fourth-order valence-electron chi connectivity index (χ4n) is 3.43. The van der Waals surface area contributed by atoms with Gasteiger partial charge in [0.15, 0.2) is 0 Å². The molecule has 1 N–H and O–H groups in total. The Morgan fingerprint density at radius 1 is 1.05 bits per heavy atom. The molecule has 2 aliphatic heterocycles. The molecule has 2 saturated heterocycles. The van der Waals surface area contributed by atoms with Crippen LogP contribution >= 0.6 is 11.8 Å². The smallest absolute Gasteiger partial charge is 0.0108 e. The van der Waals surface area contributed by atoms with Crippen LogP contribution in [-0.2, 0) is 0 Å². The van der Waals surface area contributed by atoms with Gasteiger partial charge in [0.1, 0.15) is 0 Å². The summed E-state index contributed by atoms with van der Waals surface area (Å²) in [5.41, 5.74) is 0. The third-order valence-corrected chi connectivity index (χ3v) is 5.82. The SMILES string of the molecule is CCCN1CCC(C(C)NCCN2CCSCC2)CC1. The first-order valence-corrected chi connectivity index (χ1v) is 9.71. The summed E-state index contributed by atoms with van der Waals surface area (Å²) in [5, 5.41) is 3.78. The quantitative estimate of drug-likeness (QED) is 0.776. The molecule has 2 aliphatic rings. The summed E-state index contributed by atoms with van der Waals surface area (Å²) in [6.45, 7) is 13.6. The molecular formula is C16H33N3S. The lowest BCUT2D eigenvalue weighted by Gasteiger charge is -2.35. The van der Waals surface area contributed by atoms with E-state index >= 15 is 0 Å². The van der Waals surface area contributed by atoms with Crippen LogP contribution in [0.25, 0.3) is 0 Å². The first kappa shape index (κ1) is 16.6. The second kappa shape index (κ2) is 9.29. The van der Waals surface area contributed by atoms with E-state index in [0.29, 0.717) is 6.04 Å². The number of likely N-dealkylation sites (tertiary alicyclic amines) is 1. The van der Waals surface area contributed by atoms with E-state index in [9.17, 15) is 0 Å². The summed E-state index contributed by atoms with van der Waals surface area (Å²) in [6, 6.07) is 0.693. The van der Waals surface area contributed by atoms with Gasteiger partial charge in [0.25, 0.3) is 0 Å². The highest BCUT2D eigenvalue weighted by Crippen LogP contribution is 2.20. The molecule has 2 heterocycles. The number of nitrogens with one attached hydrogen (secondary N) is 1. The number of hydrogen-bond donors (Lipinski definition) is 1. The van der Waals surface area contributed by atoms with Crippen LogP contribution in [-0.4, -0.2) is 73.2 Å². The van der Waals surface area contributed by atoms with E-state index in [1.54, 1.807) is 0 Å². The van der Waals surface area contributed by atoms with Crippen LogP contribution in [0.4, 0.5) is 0 Å². The van der Waals surface area contributed by atoms with E-state index in [2.05, 4.69) is 40.7 Å². The summed E-state index contributed by atoms with van der Waals surface area (Å²) in [4.78, 5) is 5.24. The molecule has 0 aliphatic carbocycles. The Morgan fingerprint density at radius 3 is 2.35 bits per heavy atom. The molecule has 3 nitrogen and oxygen atoms in total. The maximum Gasteiger partial charge on any atom is 0.0108 e. The summed E-state index contributed by atoms with van der Waals surface area (Å²) < 4.78 is 0. The largest absolute Gasteiger partial charge is 0.313 e. The van der Waals surface area contributed by atoms with Gasteiger partial charge in [-0.25, -0.2) is 0 Å². The third-order valence-electron chi connectivity index (χ3n) is 4.88. The molecule has 0 spiro atoms. The van der Waals surface area contributed by atoms with E-state index in [4.69, 9.17) is 0 Å². The van der Waals surface area contributed by atoms with Crippen LogP contribution in [0.1, 0.15) is 33.1 Å². The maximum absolute atomic E-state index is 3.78. The van der Waals surface area contributed by atoms with Crippen molar-refractivity contribution in [1.29, 1.82) is 0 Å². The fourth-order valence-corrected chi connectivity index (χ4v) is 4.41. The normalized spacial score (nSPS) is 24.9. The molecule has 0 radical (unpaired) electrons. The van der Waals surface area contributed by atoms with Gasteiger partial charge in [-0.1, -0.05) is 6.92 Å². The zero-order valence-electron chi connectivity index (χ0n) is 13.4. The van der Waals surface area contributed by atoms with E-state index in [-0.39, 0.29) is 0 Å². The van der Waals surface area contributed by atoms with E-state index in [0.717, 1.165) is 5.92 Å². The molecule has 0 aromatic heterocycles. The number of piperidine rings is 1. The number of nitrogens with zero attached hydrogens (tertiary/aromatic N) is 2. The molecule has 1 unspecified atom stereocenters. The highest BCUT2D eigenvalue weighted by atomic mass is 32.2. The van der Waals surface area contributed by atoms with Gasteiger partial charge < -0.3 is 15.1 Å². The van der Waals surface area contributed by atoms with Crippen LogP contribution in [0.2, 0.25) is 0 Å². The Kier molecular flexibility index (Phi) is 7.71. The molecular weight excluding hydrogens is 266 g/mol. The Bertz CT molecular complexity index is 248. The second-order valence-electron chi connectivity index (χ2n) is 6.38. The van der Waals surface area contributed by atoms with Gasteiger partial charge in [0.2, 0.25) is 0 Å². The minimum Gasteiger partial charge on any atom is -0.313 e. The molecule has 0 bridgehead atoms. The summed E-state index contributed by atoms with van der Waals surface area (Å²) >= 11 is 2.10. The minimum atomic E-state index is 0.693. The lowest BCUT2D eigenvalue weighted by molar-refractivity contribution is 0.161. The van der Waals surface area contributed by atoms with Crippen LogP contribution in [0.5, 0.6) is 0 Å². The lowest BCUT2D eigenvalue weighted by Crippen LogP contribution is -2.45. The molecule has 0 amide bonds. The van der Waals surface area contributed by atoms with E-state index < -0.39 is 0 Å². The average Bonchev–Trinajstić information content (AvgIpc) is 2.49. The fraction of sp³-hybridized carbons (Fsp3) is 1.00. The van der Waals surface area contributed by atoms with Gasteiger partial charge in [0.05, 0.1) is 0 Å². The predicted octanol–water partition coefficient (Wildman–Crippen LogP) is 2.14. The Hall–Kier alpha value is 0.230. The van der Waals surface area contributed by atoms with Crippen LogP contribution < -0.4 is 5.32 Å². The Balaban J connectivity index is 1.56. The standard InChI is InChI=1S/C16H33N3S/c1-3-7-18-8-4-16(5-9-18)15(2)17-6-10-19-11-13-20-14-12-19/h15-17H,3-14H2,1-2H3. The molecule has 0 saturated carbocycles. The van der Waals surface area contributed by atoms with Crippen molar-refractivity contribution in [2.24, 2.45) is 5.92 Å². The number of rotatable bonds is 7. The average molecular weight is 300 g/mol. The van der Waals surface area contributed by atoms with Gasteiger partial charge >= 0.3 is 0 Å². The monoisotopic (exact) mass is 299 g/mol. The topological polar surface area (TPSA) is 18.5 Å². The molecule has 118 valence electrons. The van der Waals surface area contributed by atoms with Crippen molar-refractivity contribution < 1.29 is 0 Å². The molecule has 0 aromatic rings. The zero-order chi connectivity index (χ0) is 14.2. The van der Waals surface area contributed by atoms with Crippen molar-refractivity contribution >= 4 is 11.8 Å². The molecule has 4 heteroatoms. The van der Waals surface area contributed by atoms with Gasteiger partial charge in [0, 0.05) is 43.7 Å². The third kappa shape index (κ3) is 5.55. The van der Waals surface area contributed by atoms with Crippen LogP contribution in [0, 0.1) is 5.92 Å². The Labute approximate surface area is 129 Å². The summed E-state index contributed by atoms with van der Waals surface area (Å²) in [6.07, 6.45) is 4.07. The van der Waals surface area contributed by atoms with Crippen molar-refractivity contribution in [2.75, 3.05) is 57.3 Å². The summed E-state index contributed by atoms with van der Waals surface area (Å²) in [7, 11) is 0. The minimum absolute atomic E-state index is 0.693. The van der Waals surface area contributed by atoms with Crippen molar-refractivity contribution in [3.8, 4) is 0 Å². The molecule has 2 rings (SSSR count). The number of hydrogen-bond acceptors (Lipinski definition) is 4. The zero-order valence-corrected chi connectivity index (χ0v) is 14.3. The van der Waals surface area contributed by atoms with Crippen molar-refractivity contribution in [2.45, 2.75) is 39.2 Å². The van der Waals surface area contributed by atoms with Crippen LogP contribution in [0.3, 0.4) is 0 Å². The van der Waals surface area contributed by atoms with Gasteiger partial charge in [-0.2, -0.15) is 11.8 Å². The molecule has 0 aromatic carbocycles. The van der Waals surface area contributed by atoms with E-state index in [1.165, 1.54) is 76.6 Å². The molecule has 20 heavy (non-hydrogen) atoms. The number of thioether (sulfide) groups is 1. The highest BCUT2D eigenvalue weighted by molar-refractivity contribution is 7.99. The predicted molar refractivity (Wildman–Crippen MR) is 90.7 cm³/mol. The van der Waals surface area contributed by atoms with E-state index in [1.807, 2.05) is 0 Å².